The van der Waals surface area contributed by atoms with E-state index in [4.69, 9.17) is 9.63 Å². The predicted octanol–water partition coefficient (Wildman–Crippen LogP) is 1.82. The number of rotatable bonds is 7. The van der Waals surface area contributed by atoms with Gasteiger partial charge in [-0.25, -0.2) is 0 Å². The summed E-state index contributed by atoms with van der Waals surface area (Å²) in [7, 11) is 0. The summed E-state index contributed by atoms with van der Waals surface area (Å²) in [5.41, 5.74) is 0.802. The van der Waals surface area contributed by atoms with Gasteiger partial charge in [-0.15, -0.1) is 0 Å². The zero-order chi connectivity index (χ0) is 12.8. The Bertz CT molecular complexity index is 360. The van der Waals surface area contributed by atoms with Gasteiger partial charge in [-0.05, 0) is 19.3 Å². The van der Waals surface area contributed by atoms with E-state index in [0.717, 1.165) is 11.5 Å². The van der Waals surface area contributed by atoms with Gasteiger partial charge in [0.05, 0.1) is 11.6 Å². The monoisotopic (exact) mass is 240 g/mol. The van der Waals surface area contributed by atoms with Crippen molar-refractivity contribution in [2.75, 3.05) is 6.54 Å². The van der Waals surface area contributed by atoms with Gasteiger partial charge < -0.3 is 14.9 Å². The Morgan fingerprint density at radius 3 is 2.76 bits per heavy atom. The standard InChI is InChI=1S/C12H20N2O3/c1-8(2)4-10(12(15)16)6-13-7-11-5-9(3)17-14-11/h5,8,10,13H,4,6-7H2,1-3H3,(H,15,16). The lowest BCUT2D eigenvalue weighted by Gasteiger charge is -2.14. The first-order valence-corrected chi connectivity index (χ1v) is 5.84. The van der Waals surface area contributed by atoms with Crippen LogP contribution in [-0.4, -0.2) is 22.8 Å². The van der Waals surface area contributed by atoms with Gasteiger partial charge in [-0.2, -0.15) is 0 Å². The van der Waals surface area contributed by atoms with E-state index >= 15 is 0 Å². The molecule has 0 aliphatic carbocycles. The largest absolute Gasteiger partial charge is 0.481 e. The number of carbonyl (C=O) groups is 1. The second-order valence-electron chi connectivity index (χ2n) is 4.72. The van der Waals surface area contributed by atoms with E-state index in [1.54, 1.807) is 0 Å². The summed E-state index contributed by atoms with van der Waals surface area (Å²) in [6.45, 7) is 6.88. The van der Waals surface area contributed by atoms with E-state index in [0.29, 0.717) is 25.4 Å². The Morgan fingerprint density at radius 2 is 2.29 bits per heavy atom. The highest BCUT2D eigenvalue weighted by Gasteiger charge is 2.18. The van der Waals surface area contributed by atoms with Crippen LogP contribution in [0, 0.1) is 18.8 Å². The van der Waals surface area contributed by atoms with Crippen LogP contribution in [0.5, 0.6) is 0 Å². The van der Waals surface area contributed by atoms with E-state index in [9.17, 15) is 4.79 Å². The molecule has 1 rings (SSSR count). The van der Waals surface area contributed by atoms with Gasteiger partial charge in [0, 0.05) is 19.2 Å². The number of hydrogen-bond acceptors (Lipinski definition) is 4. The summed E-state index contributed by atoms with van der Waals surface area (Å²) in [6, 6.07) is 1.84. The number of aryl methyl sites for hydroxylation is 1. The van der Waals surface area contributed by atoms with Gasteiger partial charge in [-0.3, -0.25) is 4.79 Å². The fourth-order valence-corrected chi connectivity index (χ4v) is 1.72. The van der Waals surface area contributed by atoms with Crippen LogP contribution in [0.2, 0.25) is 0 Å². The number of aliphatic carboxylic acids is 1. The molecule has 5 nitrogen and oxygen atoms in total. The number of aromatic nitrogens is 1. The van der Waals surface area contributed by atoms with E-state index in [-0.39, 0.29) is 5.92 Å². The van der Waals surface area contributed by atoms with Crippen LogP contribution in [0.15, 0.2) is 10.6 Å². The van der Waals surface area contributed by atoms with Crippen molar-refractivity contribution in [2.24, 2.45) is 11.8 Å². The third-order valence-electron chi connectivity index (χ3n) is 2.48. The van der Waals surface area contributed by atoms with Gasteiger partial charge in [0.2, 0.25) is 0 Å². The molecule has 1 aromatic heterocycles. The number of carboxylic acids is 1. The lowest BCUT2D eigenvalue weighted by atomic mass is 9.97. The van der Waals surface area contributed by atoms with Crippen molar-refractivity contribution < 1.29 is 14.4 Å². The summed E-state index contributed by atoms with van der Waals surface area (Å²) in [5.74, 6) is 0.0523. The van der Waals surface area contributed by atoms with Crippen molar-refractivity contribution in [3.63, 3.8) is 0 Å². The minimum absolute atomic E-state index is 0.344. The molecule has 1 atom stereocenters. The molecule has 1 unspecified atom stereocenters. The molecular weight excluding hydrogens is 220 g/mol. The van der Waals surface area contributed by atoms with E-state index in [2.05, 4.69) is 10.5 Å². The molecule has 0 aliphatic rings. The van der Waals surface area contributed by atoms with Crippen LogP contribution in [0.25, 0.3) is 0 Å². The first kappa shape index (κ1) is 13.7. The third kappa shape index (κ3) is 4.99. The molecule has 0 fully saturated rings. The molecule has 0 radical (unpaired) electrons. The highest BCUT2D eigenvalue weighted by molar-refractivity contribution is 5.70. The van der Waals surface area contributed by atoms with Crippen LogP contribution >= 0.6 is 0 Å². The van der Waals surface area contributed by atoms with Crippen LogP contribution < -0.4 is 5.32 Å². The first-order chi connectivity index (χ1) is 7.99. The lowest BCUT2D eigenvalue weighted by Crippen LogP contribution is -2.29. The fourth-order valence-electron chi connectivity index (χ4n) is 1.72. The molecule has 0 saturated heterocycles. The maximum atomic E-state index is 11.0. The van der Waals surface area contributed by atoms with Gasteiger partial charge in [0.15, 0.2) is 0 Å². The Labute approximate surface area is 101 Å². The molecular formula is C12H20N2O3. The van der Waals surface area contributed by atoms with Crippen molar-refractivity contribution in [1.82, 2.24) is 10.5 Å². The van der Waals surface area contributed by atoms with Gasteiger partial charge in [0.25, 0.3) is 0 Å². The molecule has 2 N–H and O–H groups in total. The lowest BCUT2D eigenvalue weighted by molar-refractivity contribution is -0.142. The number of nitrogens with zero attached hydrogens (tertiary/aromatic N) is 1. The highest BCUT2D eigenvalue weighted by Crippen LogP contribution is 2.11. The Balaban J connectivity index is 2.34. The number of carboxylic acid groups (broad SMARTS) is 1. The molecule has 0 saturated carbocycles. The minimum Gasteiger partial charge on any atom is -0.481 e. The SMILES string of the molecule is Cc1cc(CNCC(CC(C)C)C(=O)O)no1. The van der Waals surface area contributed by atoms with E-state index in [1.807, 2.05) is 26.8 Å². The van der Waals surface area contributed by atoms with Crippen molar-refractivity contribution in [2.45, 2.75) is 33.7 Å². The summed E-state index contributed by atoms with van der Waals surface area (Å²) >= 11 is 0. The molecule has 17 heavy (non-hydrogen) atoms. The Hall–Kier alpha value is -1.36. The summed E-state index contributed by atoms with van der Waals surface area (Å²) < 4.78 is 4.93. The second kappa shape index (κ2) is 6.39. The van der Waals surface area contributed by atoms with Crippen molar-refractivity contribution in [3.05, 3.63) is 17.5 Å². The summed E-state index contributed by atoms with van der Waals surface area (Å²) in [4.78, 5) is 11.0. The Morgan fingerprint density at radius 1 is 1.59 bits per heavy atom. The normalized spacial score (nSPS) is 12.9. The zero-order valence-corrected chi connectivity index (χ0v) is 10.6. The number of hydrogen-bond donors (Lipinski definition) is 2. The zero-order valence-electron chi connectivity index (χ0n) is 10.6. The van der Waals surface area contributed by atoms with Gasteiger partial charge >= 0.3 is 5.97 Å². The predicted molar refractivity (Wildman–Crippen MR) is 63.5 cm³/mol. The maximum Gasteiger partial charge on any atom is 0.307 e. The van der Waals surface area contributed by atoms with Crippen molar-refractivity contribution in [3.8, 4) is 0 Å². The second-order valence-corrected chi connectivity index (χ2v) is 4.72. The first-order valence-electron chi connectivity index (χ1n) is 5.84. The Kier molecular flexibility index (Phi) is 5.15. The molecule has 0 aliphatic heterocycles. The highest BCUT2D eigenvalue weighted by atomic mass is 16.5. The molecule has 96 valence electrons. The summed E-state index contributed by atoms with van der Waals surface area (Å²) in [5, 5.41) is 16.0. The van der Waals surface area contributed by atoms with Crippen LogP contribution in [0.3, 0.4) is 0 Å². The van der Waals surface area contributed by atoms with Gasteiger partial charge in [0.1, 0.15) is 5.76 Å². The molecule has 0 bridgehead atoms. The summed E-state index contributed by atoms with van der Waals surface area (Å²) in [6.07, 6.45) is 0.681. The quantitative estimate of drug-likeness (QED) is 0.760. The molecule has 0 amide bonds. The third-order valence-corrected chi connectivity index (χ3v) is 2.48. The minimum atomic E-state index is -0.748. The van der Waals surface area contributed by atoms with Crippen LogP contribution in [0.1, 0.15) is 31.7 Å². The molecule has 1 aromatic rings. The molecule has 0 aromatic carbocycles. The molecule has 1 heterocycles. The number of nitrogens with one attached hydrogen (secondary N) is 1. The van der Waals surface area contributed by atoms with E-state index in [1.165, 1.54) is 0 Å². The van der Waals surface area contributed by atoms with Crippen LogP contribution in [-0.2, 0) is 11.3 Å². The smallest absolute Gasteiger partial charge is 0.307 e. The van der Waals surface area contributed by atoms with Crippen molar-refractivity contribution >= 4 is 5.97 Å². The van der Waals surface area contributed by atoms with Gasteiger partial charge in [-0.1, -0.05) is 19.0 Å². The van der Waals surface area contributed by atoms with Crippen LogP contribution in [0.4, 0.5) is 0 Å². The average Bonchev–Trinajstić information content (AvgIpc) is 2.62. The van der Waals surface area contributed by atoms with E-state index < -0.39 is 5.97 Å². The van der Waals surface area contributed by atoms with Crippen molar-refractivity contribution in [1.29, 1.82) is 0 Å². The maximum absolute atomic E-state index is 11.0. The molecule has 0 spiro atoms. The fraction of sp³-hybridized carbons (Fsp3) is 0.667. The molecule has 5 heteroatoms. The average molecular weight is 240 g/mol. The topological polar surface area (TPSA) is 75.4 Å².